The quantitative estimate of drug-likeness (QED) is 0.630. The van der Waals surface area contributed by atoms with Crippen LogP contribution in [0.1, 0.15) is 26.2 Å². The van der Waals surface area contributed by atoms with Gasteiger partial charge in [0.15, 0.2) is 0 Å². The highest BCUT2D eigenvalue weighted by molar-refractivity contribution is 4.73. The van der Waals surface area contributed by atoms with E-state index in [9.17, 15) is 5.11 Å². The van der Waals surface area contributed by atoms with Gasteiger partial charge >= 0.3 is 0 Å². The third kappa shape index (κ3) is 3.95. The molecule has 1 fully saturated rings. The highest BCUT2D eigenvalue weighted by Crippen LogP contribution is 2.25. The molecular formula is C11H23NO2. The Morgan fingerprint density at radius 1 is 1.43 bits per heavy atom. The molecule has 1 rings (SSSR count). The van der Waals surface area contributed by atoms with Gasteiger partial charge in [-0.2, -0.15) is 0 Å². The van der Waals surface area contributed by atoms with E-state index in [1.807, 2.05) is 0 Å². The maximum absolute atomic E-state index is 9.31. The number of aliphatic hydroxyl groups excluding tert-OH is 1. The minimum absolute atomic E-state index is 0.329. The second-order valence-corrected chi connectivity index (χ2v) is 4.03. The van der Waals surface area contributed by atoms with Crippen LogP contribution >= 0.6 is 0 Å². The standard InChI is InChI=1S/C11H23NO2/c1-2-12-6-3-11(9-13)10-4-7-14-8-5-10/h10-13H,2-9H2,1H3. The molecule has 14 heavy (non-hydrogen) atoms. The van der Waals surface area contributed by atoms with Gasteiger partial charge in [-0.25, -0.2) is 0 Å². The molecule has 1 aliphatic heterocycles. The third-order valence-corrected chi connectivity index (χ3v) is 3.11. The highest BCUT2D eigenvalue weighted by atomic mass is 16.5. The largest absolute Gasteiger partial charge is 0.396 e. The molecule has 1 heterocycles. The average molecular weight is 201 g/mol. The fraction of sp³-hybridized carbons (Fsp3) is 1.00. The van der Waals surface area contributed by atoms with Crippen LogP contribution in [-0.2, 0) is 4.74 Å². The molecule has 0 aromatic rings. The molecule has 1 unspecified atom stereocenters. The molecule has 84 valence electrons. The summed E-state index contributed by atoms with van der Waals surface area (Å²) in [6.45, 7) is 6.24. The molecule has 0 radical (unpaired) electrons. The maximum Gasteiger partial charge on any atom is 0.0468 e. The molecule has 0 aromatic heterocycles. The number of rotatable bonds is 6. The first-order valence-corrected chi connectivity index (χ1v) is 5.77. The Bertz CT molecular complexity index is 135. The summed E-state index contributed by atoms with van der Waals surface area (Å²) >= 11 is 0. The number of hydrogen-bond donors (Lipinski definition) is 2. The zero-order valence-electron chi connectivity index (χ0n) is 9.17. The van der Waals surface area contributed by atoms with Crippen molar-refractivity contribution < 1.29 is 9.84 Å². The second-order valence-electron chi connectivity index (χ2n) is 4.03. The summed E-state index contributed by atoms with van der Waals surface area (Å²) in [6, 6.07) is 0. The van der Waals surface area contributed by atoms with Crippen LogP contribution in [-0.4, -0.2) is 38.0 Å². The van der Waals surface area contributed by atoms with Crippen molar-refractivity contribution in [2.45, 2.75) is 26.2 Å². The van der Waals surface area contributed by atoms with E-state index in [1.165, 1.54) is 0 Å². The van der Waals surface area contributed by atoms with E-state index in [-0.39, 0.29) is 0 Å². The Kier molecular flexibility index (Phi) is 6.15. The summed E-state index contributed by atoms with van der Waals surface area (Å²) in [5, 5.41) is 12.6. The van der Waals surface area contributed by atoms with Gasteiger partial charge in [0.05, 0.1) is 0 Å². The van der Waals surface area contributed by atoms with Gasteiger partial charge in [-0.1, -0.05) is 6.92 Å². The number of nitrogens with one attached hydrogen (secondary N) is 1. The molecule has 3 heteroatoms. The van der Waals surface area contributed by atoms with E-state index in [4.69, 9.17) is 4.74 Å². The van der Waals surface area contributed by atoms with E-state index in [0.717, 1.165) is 45.6 Å². The average Bonchev–Trinajstić information content (AvgIpc) is 2.26. The first kappa shape index (κ1) is 12.0. The van der Waals surface area contributed by atoms with Gasteiger partial charge in [0.2, 0.25) is 0 Å². The molecule has 1 saturated heterocycles. The highest BCUT2D eigenvalue weighted by Gasteiger charge is 2.22. The van der Waals surface area contributed by atoms with E-state index in [2.05, 4.69) is 12.2 Å². The van der Waals surface area contributed by atoms with E-state index < -0.39 is 0 Å². The molecule has 0 bridgehead atoms. The molecule has 0 aliphatic carbocycles. The van der Waals surface area contributed by atoms with Gasteiger partial charge in [-0.05, 0) is 44.2 Å². The lowest BCUT2D eigenvalue weighted by atomic mass is 9.84. The van der Waals surface area contributed by atoms with Crippen molar-refractivity contribution in [3.63, 3.8) is 0 Å². The summed E-state index contributed by atoms with van der Waals surface area (Å²) in [5.74, 6) is 1.14. The van der Waals surface area contributed by atoms with Crippen LogP contribution in [0.3, 0.4) is 0 Å². The van der Waals surface area contributed by atoms with Gasteiger partial charge in [-0.3, -0.25) is 0 Å². The molecule has 0 aromatic carbocycles. The minimum atomic E-state index is 0.329. The lowest BCUT2D eigenvalue weighted by Gasteiger charge is -2.29. The van der Waals surface area contributed by atoms with Crippen LogP contribution in [0.25, 0.3) is 0 Å². The Hall–Kier alpha value is -0.120. The summed E-state index contributed by atoms with van der Waals surface area (Å²) in [6.07, 6.45) is 3.34. The van der Waals surface area contributed by atoms with Crippen LogP contribution in [0, 0.1) is 11.8 Å². The Morgan fingerprint density at radius 3 is 2.71 bits per heavy atom. The number of ether oxygens (including phenoxy) is 1. The van der Waals surface area contributed by atoms with Crippen molar-refractivity contribution in [2.75, 3.05) is 32.9 Å². The summed E-state index contributed by atoms with van der Waals surface area (Å²) in [4.78, 5) is 0. The van der Waals surface area contributed by atoms with Crippen LogP contribution in [0.2, 0.25) is 0 Å². The lowest BCUT2D eigenvalue weighted by molar-refractivity contribution is 0.0313. The van der Waals surface area contributed by atoms with Crippen molar-refractivity contribution in [3.05, 3.63) is 0 Å². The fourth-order valence-corrected chi connectivity index (χ4v) is 2.13. The predicted molar refractivity (Wildman–Crippen MR) is 57.3 cm³/mol. The van der Waals surface area contributed by atoms with Gasteiger partial charge in [0, 0.05) is 19.8 Å². The van der Waals surface area contributed by atoms with E-state index >= 15 is 0 Å². The lowest BCUT2D eigenvalue weighted by Crippen LogP contribution is -2.28. The van der Waals surface area contributed by atoms with Crippen LogP contribution in [0.5, 0.6) is 0 Å². The van der Waals surface area contributed by atoms with Crippen molar-refractivity contribution >= 4 is 0 Å². The first-order chi connectivity index (χ1) is 6.88. The zero-order chi connectivity index (χ0) is 10.2. The summed E-state index contributed by atoms with van der Waals surface area (Å²) in [5.41, 5.74) is 0. The molecule has 2 N–H and O–H groups in total. The van der Waals surface area contributed by atoms with Crippen molar-refractivity contribution in [2.24, 2.45) is 11.8 Å². The molecule has 0 amide bonds. The van der Waals surface area contributed by atoms with Gasteiger partial charge in [0.1, 0.15) is 0 Å². The molecule has 1 atom stereocenters. The Labute approximate surface area is 86.8 Å². The molecular weight excluding hydrogens is 178 g/mol. The number of aliphatic hydroxyl groups is 1. The van der Waals surface area contributed by atoms with Gasteiger partial charge in [-0.15, -0.1) is 0 Å². The van der Waals surface area contributed by atoms with Gasteiger partial charge < -0.3 is 15.2 Å². The maximum atomic E-state index is 9.31. The normalized spacial score (nSPS) is 21.0. The SMILES string of the molecule is CCNCCC(CO)C1CCOCC1. The van der Waals surface area contributed by atoms with Crippen LogP contribution in [0.15, 0.2) is 0 Å². The van der Waals surface area contributed by atoms with Crippen molar-refractivity contribution in [1.82, 2.24) is 5.32 Å². The number of hydrogen-bond acceptors (Lipinski definition) is 3. The molecule has 3 nitrogen and oxygen atoms in total. The summed E-state index contributed by atoms with van der Waals surface area (Å²) in [7, 11) is 0. The third-order valence-electron chi connectivity index (χ3n) is 3.11. The monoisotopic (exact) mass is 201 g/mol. The smallest absolute Gasteiger partial charge is 0.0468 e. The zero-order valence-corrected chi connectivity index (χ0v) is 9.17. The Balaban J connectivity index is 2.21. The second kappa shape index (κ2) is 7.21. The van der Waals surface area contributed by atoms with E-state index in [1.54, 1.807) is 0 Å². The van der Waals surface area contributed by atoms with Crippen LogP contribution < -0.4 is 5.32 Å². The first-order valence-electron chi connectivity index (χ1n) is 5.77. The molecule has 0 spiro atoms. The topological polar surface area (TPSA) is 41.5 Å². The summed E-state index contributed by atoms with van der Waals surface area (Å²) < 4.78 is 5.32. The van der Waals surface area contributed by atoms with Gasteiger partial charge in [0.25, 0.3) is 0 Å². The van der Waals surface area contributed by atoms with Crippen molar-refractivity contribution in [3.8, 4) is 0 Å². The predicted octanol–water partition coefficient (Wildman–Crippen LogP) is 1.02. The van der Waals surface area contributed by atoms with Crippen LogP contribution in [0.4, 0.5) is 0 Å². The molecule has 0 saturated carbocycles. The Morgan fingerprint density at radius 2 is 2.14 bits per heavy atom. The van der Waals surface area contributed by atoms with E-state index in [0.29, 0.717) is 18.4 Å². The minimum Gasteiger partial charge on any atom is -0.396 e. The molecule has 1 aliphatic rings. The fourth-order valence-electron chi connectivity index (χ4n) is 2.13. The van der Waals surface area contributed by atoms with Crippen molar-refractivity contribution in [1.29, 1.82) is 0 Å².